The van der Waals surface area contributed by atoms with Gasteiger partial charge in [0, 0.05) is 24.5 Å². The summed E-state index contributed by atoms with van der Waals surface area (Å²) < 4.78 is 6.84. The maximum Gasteiger partial charge on any atom is 0.337 e. The van der Waals surface area contributed by atoms with Crippen molar-refractivity contribution in [3.63, 3.8) is 0 Å². The molecule has 1 aromatic heterocycles. The lowest BCUT2D eigenvalue weighted by Gasteiger charge is -2.09. The van der Waals surface area contributed by atoms with Gasteiger partial charge in [-0.1, -0.05) is 42.0 Å². The molecular formula is C19H18N2O2. The number of carbonyl (C=O) groups is 1. The second-order valence-corrected chi connectivity index (χ2v) is 5.44. The average Bonchev–Trinajstić information content (AvgIpc) is 3.03. The van der Waals surface area contributed by atoms with Crippen LogP contribution < -0.4 is 0 Å². The highest BCUT2D eigenvalue weighted by molar-refractivity contribution is 5.89. The summed E-state index contributed by atoms with van der Waals surface area (Å²) in [5, 5.41) is 0. The van der Waals surface area contributed by atoms with Crippen LogP contribution in [0.4, 0.5) is 0 Å². The van der Waals surface area contributed by atoms with Gasteiger partial charge in [-0.2, -0.15) is 0 Å². The molecule has 116 valence electrons. The maximum atomic E-state index is 11.6. The zero-order valence-corrected chi connectivity index (χ0v) is 13.2. The third-order valence-corrected chi connectivity index (χ3v) is 3.73. The second kappa shape index (κ2) is 6.48. The fraction of sp³-hybridized carbons (Fsp3) is 0.158. The molecule has 0 fully saturated rings. The molecule has 0 radical (unpaired) electrons. The molecule has 0 N–H and O–H groups in total. The van der Waals surface area contributed by atoms with Gasteiger partial charge in [0.15, 0.2) is 0 Å². The summed E-state index contributed by atoms with van der Waals surface area (Å²) in [5.74, 6) is 0.588. The first kappa shape index (κ1) is 15.0. The van der Waals surface area contributed by atoms with Crippen molar-refractivity contribution in [3.8, 4) is 11.4 Å². The number of imidazole rings is 1. The molecule has 3 aromatic rings. The van der Waals surface area contributed by atoms with Crippen molar-refractivity contribution >= 4 is 5.97 Å². The molecule has 0 atom stereocenters. The summed E-state index contributed by atoms with van der Waals surface area (Å²) in [6, 6.07) is 15.8. The maximum absolute atomic E-state index is 11.6. The van der Waals surface area contributed by atoms with Crippen LogP contribution in [0.2, 0.25) is 0 Å². The number of methoxy groups -OCH3 is 1. The Hall–Kier alpha value is -2.88. The molecule has 4 nitrogen and oxygen atoms in total. The average molecular weight is 306 g/mol. The number of aromatic nitrogens is 2. The van der Waals surface area contributed by atoms with Gasteiger partial charge < -0.3 is 9.30 Å². The fourth-order valence-corrected chi connectivity index (χ4v) is 2.51. The van der Waals surface area contributed by atoms with Gasteiger partial charge in [-0.15, -0.1) is 0 Å². The van der Waals surface area contributed by atoms with E-state index >= 15 is 0 Å². The molecule has 0 saturated heterocycles. The topological polar surface area (TPSA) is 44.1 Å². The number of esters is 1. The Kier molecular flexibility index (Phi) is 4.24. The number of ether oxygens (including phenoxy) is 1. The minimum atomic E-state index is -0.323. The number of hydrogen-bond acceptors (Lipinski definition) is 3. The minimum absolute atomic E-state index is 0.323. The van der Waals surface area contributed by atoms with E-state index in [0.717, 1.165) is 17.0 Å². The lowest BCUT2D eigenvalue weighted by Crippen LogP contribution is -2.05. The van der Waals surface area contributed by atoms with E-state index < -0.39 is 0 Å². The SMILES string of the molecule is COC(=O)c1cccc(Cn2ccnc2-c2ccc(C)cc2)c1. The first-order valence-corrected chi connectivity index (χ1v) is 7.43. The van der Waals surface area contributed by atoms with Gasteiger partial charge in [-0.3, -0.25) is 0 Å². The van der Waals surface area contributed by atoms with Crippen LogP contribution in [0.15, 0.2) is 60.9 Å². The Labute approximate surface area is 135 Å². The number of carbonyl (C=O) groups excluding carboxylic acids is 1. The molecule has 2 aromatic carbocycles. The predicted molar refractivity (Wildman–Crippen MR) is 89.3 cm³/mol. The van der Waals surface area contributed by atoms with Crippen LogP contribution in [0.5, 0.6) is 0 Å². The standard InChI is InChI=1S/C19H18N2O2/c1-14-6-8-16(9-7-14)18-20-10-11-21(18)13-15-4-3-5-17(12-15)19(22)23-2/h3-12H,13H2,1-2H3. The highest BCUT2D eigenvalue weighted by Gasteiger charge is 2.09. The van der Waals surface area contributed by atoms with Crippen molar-refractivity contribution in [2.45, 2.75) is 13.5 Å². The first-order valence-electron chi connectivity index (χ1n) is 7.43. The van der Waals surface area contributed by atoms with Gasteiger partial charge in [0.2, 0.25) is 0 Å². The predicted octanol–water partition coefficient (Wildman–Crippen LogP) is 3.69. The smallest absolute Gasteiger partial charge is 0.337 e. The van der Waals surface area contributed by atoms with Crippen LogP contribution in [0, 0.1) is 6.92 Å². The summed E-state index contributed by atoms with van der Waals surface area (Å²) in [4.78, 5) is 16.1. The summed E-state index contributed by atoms with van der Waals surface area (Å²) in [5.41, 5.74) is 3.88. The van der Waals surface area contributed by atoms with Crippen molar-refractivity contribution in [1.29, 1.82) is 0 Å². The van der Waals surface area contributed by atoms with Gasteiger partial charge >= 0.3 is 5.97 Å². The molecule has 0 unspecified atom stereocenters. The van der Waals surface area contributed by atoms with Crippen LogP contribution in [-0.2, 0) is 11.3 Å². The number of nitrogens with zero attached hydrogens (tertiary/aromatic N) is 2. The minimum Gasteiger partial charge on any atom is -0.465 e. The van der Waals surface area contributed by atoms with E-state index in [1.54, 1.807) is 12.3 Å². The van der Waals surface area contributed by atoms with Crippen LogP contribution in [0.25, 0.3) is 11.4 Å². The Bertz CT molecular complexity index is 819. The Morgan fingerprint density at radius 3 is 2.70 bits per heavy atom. The highest BCUT2D eigenvalue weighted by Crippen LogP contribution is 2.19. The molecule has 4 heteroatoms. The summed E-state index contributed by atoms with van der Waals surface area (Å²) in [6.07, 6.45) is 3.74. The van der Waals surface area contributed by atoms with Crippen LogP contribution in [-0.4, -0.2) is 22.6 Å². The first-order chi connectivity index (χ1) is 11.2. The van der Waals surface area contributed by atoms with Crippen molar-refractivity contribution in [2.75, 3.05) is 7.11 Å². The number of benzene rings is 2. The lowest BCUT2D eigenvalue weighted by molar-refractivity contribution is 0.0600. The van der Waals surface area contributed by atoms with Crippen molar-refractivity contribution < 1.29 is 9.53 Å². The molecule has 0 aliphatic rings. The largest absolute Gasteiger partial charge is 0.465 e. The Balaban J connectivity index is 1.89. The van der Waals surface area contributed by atoms with Gasteiger partial charge in [0.1, 0.15) is 5.82 Å². The number of aryl methyl sites for hydroxylation is 1. The highest BCUT2D eigenvalue weighted by atomic mass is 16.5. The van der Waals surface area contributed by atoms with E-state index in [9.17, 15) is 4.79 Å². The Morgan fingerprint density at radius 2 is 1.96 bits per heavy atom. The summed E-state index contributed by atoms with van der Waals surface area (Å²) in [6.45, 7) is 2.71. The molecule has 3 rings (SSSR count). The zero-order valence-electron chi connectivity index (χ0n) is 13.2. The normalized spacial score (nSPS) is 10.5. The fourth-order valence-electron chi connectivity index (χ4n) is 2.51. The van der Waals surface area contributed by atoms with Crippen molar-refractivity contribution in [2.24, 2.45) is 0 Å². The van der Waals surface area contributed by atoms with Crippen molar-refractivity contribution in [1.82, 2.24) is 9.55 Å². The quantitative estimate of drug-likeness (QED) is 0.690. The summed E-state index contributed by atoms with van der Waals surface area (Å²) in [7, 11) is 1.39. The molecule has 0 aliphatic carbocycles. The summed E-state index contributed by atoms with van der Waals surface area (Å²) >= 11 is 0. The molecule has 23 heavy (non-hydrogen) atoms. The van der Waals surface area contributed by atoms with Gasteiger partial charge in [0.25, 0.3) is 0 Å². The third-order valence-electron chi connectivity index (χ3n) is 3.73. The van der Waals surface area contributed by atoms with Crippen LogP contribution in [0.1, 0.15) is 21.5 Å². The number of hydrogen-bond donors (Lipinski definition) is 0. The molecular weight excluding hydrogens is 288 g/mol. The van der Waals surface area contributed by atoms with E-state index in [1.165, 1.54) is 12.7 Å². The second-order valence-electron chi connectivity index (χ2n) is 5.44. The third kappa shape index (κ3) is 3.31. The molecule has 0 amide bonds. The molecule has 0 spiro atoms. The van der Waals surface area contributed by atoms with E-state index in [2.05, 4.69) is 40.7 Å². The lowest BCUT2D eigenvalue weighted by atomic mass is 10.1. The molecule has 0 saturated carbocycles. The number of rotatable bonds is 4. The van der Waals surface area contributed by atoms with E-state index in [-0.39, 0.29) is 5.97 Å². The van der Waals surface area contributed by atoms with Gasteiger partial charge in [-0.25, -0.2) is 9.78 Å². The van der Waals surface area contributed by atoms with E-state index in [4.69, 9.17) is 4.74 Å². The van der Waals surface area contributed by atoms with Gasteiger partial charge in [-0.05, 0) is 24.6 Å². The molecule has 0 aliphatic heterocycles. The molecule has 1 heterocycles. The van der Waals surface area contributed by atoms with E-state index in [1.807, 2.05) is 24.4 Å². The van der Waals surface area contributed by atoms with Crippen molar-refractivity contribution in [3.05, 3.63) is 77.6 Å². The molecule has 0 bridgehead atoms. The monoisotopic (exact) mass is 306 g/mol. The van der Waals surface area contributed by atoms with Crippen LogP contribution >= 0.6 is 0 Å². The zero-order chi connectivity index (χ0) is 16.2. The van der Waals surface area contributed by atoms with Crippen LogP contribution in [0.3, 0.4) is 0 Å². The van der Waals surface area contributed by atoms with Gasteiger partial charge in [0.05, 0.1) is 12.7 Å². The Morgan fingerprint density at radius 1 is 1.17 bits per heavy atom. The van der Waals surface area contributed by atoms with E-state index in [0.29, 0.717) is 12.1 Å².